The van der Waals surface area contributed by atoms with E-state index in [-0.39, 0.29) is 18.3 Å². The summed E-state index contributed by atoms with van der Waals surface area (Å²) in [6.07, 6.45) is 4.93. The number of likely N-dealkylation sites (tertiary alicyclic amines) is 1. The van der Waals surface area contributed by atoms with Gasteiger partial charge in [0, 0.05) is 13.1 Å². The first-order valence-corrected chi connectivity index (χ1v) is 7.60. The molecule has 1 aromatic carbocycles. The number of amides is 1. The van der Waals surface area contributed by atoms with Gasteiger partial charge in [-0.1, -0.05) is 25.0 Å². The molecular formula is C16H23FN2O2. The number of hydrogen-bond acceptors (Lipinski definition) is 3. The van der Waals surface area contributed by atoms with Crippen LogP contribution in [0, 0.1) is 5.82 Å². The van der Waals surface area contributed by atoms with Gasteiger partial charge in [0.25, 0.3) is 5.91 Å². The number of rotatable bonds is 5. The van der Waals surface area contributed by atoms with Gasteiger partial charge in [-0.3, -0.25) is 4.79 Å². The summed E-state index contributed by atoms with van der Waals surface area (Å²) < 4.78 is 19.3. The van der Waals surface area contributed by atoms with Gasteiger partial charge in [-0.15, -0.1) is 0 Å². The molecule has 2 N–H and O–H groups in total. The second-order valence-corrected chi connectivity index (χ2v) is 5.35. The van der Waals surface area contributed by atoms with E-state index in [0.717, 1.165) is 25.9 Å². The molecule has 2 rings (SSSR count). The van der Waals surface area contributed by atoms with Crippen LogP contribution < -0.4 is 10.5 Å². The Balaban J connectivity index is 1.97. The van der Waals surface area contributed by atoms with Gasteiger partial charge in [-0.2, -0.15) is 0 Å². The minimum Gasteiger partial charge on any atom is -0.480 e. The monoisotopic (exact) mass is 294 g/mol. The summed E-state index contributed by atoms with van der Waals surface area (Å²) in [7, 11) is 0. The van der Waals surface area contributed by atoms with E-state index >= 15 is 0 Å². The number of benzene rings is 1. The summed E-state index contributed by atoms with van der Waals surface area (Å²) in [6.45, 7) is 1.85. The zero-order chi connectivity index (χ0) is 15.1. The third kappa shape index (κ3) is 4.43. The summed E-state index contributed by atoms with van der Waals surface area (Å²) in [6, 6.07) is 4.75. The Morgan fingerprint density at radius 1 is 1.24 bits per heavy atom. The molecule has 21 heavy (non-hydrogen) atoms. The molecule has 1 heterocycles. The van der Waals surface area contributed by atoms with Gasteiger partial charge < -0.3 is 15.4 Å². The first-order valence-electron chi connectivity index (χ1n) is 7.60. The summed E-state index contributed by atoms with van der Waals surface area (Å²) in [5, 5.41) is 0. The first-order chi connectivity index (χ1) is 10.2. The van der Waals surface area contributed by atoms with Crippen LogP contribution in [-0.2, 0) is 11.2 Å². The van der Waals surface area contributed by atoms with E-state index in [0.29, 0.717) is 18.5 Å². The van der Waals surface area contributed by atoms with Gasteiger partial charge in [-0.05, 0) is 37.4 Å². The molecule has 1 aliphatic heterocycles. The molecule has 1 aromatic rings. The predicted molar refractivity (Wildman–Crippen MR) is 79.7 cm³/mol. The Morgan fingerprint density at radius 2 is 1.95 bits per heavy atom. The highest BCUT2D eigenvalue weighted by atomic mass is 19.1. The van der Waals surface area contributed by atoms with Crippen molar-refractivity contribution in [3.8, 4) is 5.75 Å². The highest BCUT2D eigenvalue weighted by Crippen LogP contribution is 2.23. The molecule has 0 unspecified atom stereocenters. The Labute approximate surface area is 125 Å². The molecule has 0 spiro atoms. The molecule has 1 saturated heterocycles. The average molecular weight is 294 g/mol. The van der Waals surface area contributed by atoms with E-state index in [4.69, 9.17) is 10.5 Å². The summed E-state index contributed by atoms with van der Waals surface area (Å²) in [4.78, 5) is 14.0. The maximum Gasteiger partial charge on any atom is 0.260 e. The maximum absolute atomic E-state index is 13.8. The minimum absolute atomic E-state index is 0.0705. The van der Waals surface area contributed by atoms with Crippen LogP contribution in [0.4, 0.5) is 4.39 Å². The SMILES string of the molecule is NCCc1cccc(F)c1OCC(=O)N1CCCCCC1. The van der Waals surface area contributed by atoms with Crippen molar-refractivity contribution in [2.75, 3.05) is 26.2 Å². The number of hydrogen-bond donors (Lipinski definition) is 1. The number of carbonyl (C=O) groups excluding carboxylic acids is 1. The summed E-state index contributed by atoms with van der Waals surface area (Å²) in [5.74, 6) is -0.352. The van der Waals surface area contributed by atoms with Gasteiger partial charge in [0.05, 0.1) is 0 Å². The standard InChI is InChI=1S/C16H23FN2O2/c17-14-7-5-6-13(8-9-18)16(14)21-12-15(20)19-10-3-1-2-4-11-19/h5-7H,1-4,8-12,18H2. The van der Waals surface area contributed by atoms with E-state index in [2.05, 4.69) is 0 Å². The molecule has 0 radical (unpaired) electrons. The highest BCUT2D eigenvalue weighted by molar-refractivity contribution is 5.77. The van der Waals surface area contributed by atoms with Crippen molar-refractivity contribution in [3.63, 3.8) is 0 Å². The smallest absolute Gasteiger partial charge is 0.260 e. The molecule has 0 aromatic heterocycles. The van der Waals surface area contributed by atoms with Crippen LogP contribution in [0.5, 0.6) is 5.75 Å². The van der Waals surface area contributed by atoms with Crippen LogP contribution in [0.1, 0.15) is 31.2 Å². The van der Waals surface area contributed by atoms with Crippen LogP contribution in [-0.4, -0.2) is 37.0 Å². The summed E-state index contributed by atoms with van der Waals surface area (Å²) in [5.41, 5.74) is 6.23. The fourth-order valence-electron chi connectivity index (χ4n) is 2.61. The number of carbonyl (C=O) groups is 1. The lowest BCUT2D eigenvalue weighted by Gasteiger charge is -2.21. The third-order valence-electron chi connectivity index (χ3n) is 3.76. The number of ether oxygens (including phenoxy) is 1. The second kappa shape index (κ2) is 7.98. The number of halogens is 1. The zero-order valence-corrected chi connectivity index (χ0v) is 12.3. The molecule has 0 bridgehead atoms. The molecule has 4 nitrogen and oxygen atoms in total. The van der Waals surface area contributed by atoms with Crippen LogP contribution in [0.2, 0.25) is 0 Å². The van der Waals surface area contributed by atoms with Crippen LogP contribution in [0.15, 0.2) is 18.2 Å². The molecule has 5 heteroatoms. The van der Waals surface area contributed by atoms with E-state index in [9.17, 15) is 9.18 Å². The average Bonchev–Trinajstić information content (AvgIpc) is 2.76. The predicted octanol–water partition coefficient (Wildman–Crippen LogP) is 2.11. The first kappa shape index (κ1) is 15.8. The van der Waals surface area contributed by atoms with E-state index in [1.165, 1.54) is 18.9 Å². The summed E-state index contributed by atoms with van der Waals surface area (Å²) >= 11 is 0. The van der Waals surface area contributed by atoms with Crippen molar-refractivity contribution in [2.45, 2.75) is 32.1 Å². The lowest BCUT2D eigenvalue weighted by atomic mass is 10.1. The van der Waals surface area contributed by atoms with Gasteiger partial charge in [0.2, 0.25) is 0 Å². The van der Waals surface area contributed by atoms with E-state index < -0.39 is 5.82 Å². The van der Waals surface area contributed by atoms with Crippen molar-refractivity contribution in [3.05, 3.63) is 29.6 Å². The van der Waals surface area contributed by atoms with Crippen LogP contribution >= 0.6 is 0 Å². The molecule has 1 fully saturated rings. The van der Waals surface area contributed by atoms with Gasteiger partial charge in [-0.25, -0.2) is 4.39 Å². The fourth-order valence-corrected chi connectivity index (χ4v) is 2.61. The van der Waals surface area contributed by atoms with Gasteiger partial charge in [0.15, 0.2) is 18.2 Å². The molecule has 1 aliphatic rings. The largest absolute Gasteiger partial charge is 0.480 e. The Hall–Kier alpha value is -1.62. The van der Waals surface area contributed by atoms with Gasteiger partial charge >= 0.3 is 0 Å². The van der Waals surface area contributed by atoms with E-state index in [1.54, 1.807) is 12.1 Å². The van der Waals surface area contributed by atoms with Crippen LogP contribution in [0.25, 0.3) is 0 Å². The van der Waals surface area contributed by atoms with Crippen molar-refractivity contribution in [1.29, 1.82) is 0 Å². The maximum atomic E-state index is 13.8. The third-order valence-corrected chi connectivity index (χ3v) is 3.76. The van der Waals surface area contributed by atoms with Crippen molar-refractivity contribution in [1.82, 2.24) is 4.90 Å². The molecule has 0 aliphatic carbocycles. The van der Waals surface area contributed by atoms with Crippen molar-refractivity contribution in [2.24, 2.45) is 5.73 Å². The normalized spacial score (nSPS) is 15.6. The van der Waals surface area contributed by atoms with Gasteiger partial charge in [0.1, 0.15) is 0 Å². The molecule has 1 amide bonds. The van der Waals surface area contributed by atoms with Crippen molar-refractivity contribution < 1.29 is 13.9 Å². The number of nitrogens with two attached hydrogens (primary N) is 1. The zero-order valence-electron chi connectivity index (χ0n) is 12.3. The Bertz CT molecular complexity index is 471. The minimum atomic E-state index is -0.440. The van der Waals surface area contributed by atoms with Crippen molar-refractivity contribution >= 4 is 5.91 Å². The van der Waals surface area contributed by atoms with Crippen LogP contribution in [0.3, 0.4) is 0 Å². The molecular weight excluding hydrogens is 271 g/mol. The molecule has 0 saturated carbocycles. The fraction of sp³-hybridized carbons (Fsp3) is 0.562. The quantitative estimate of drug-likeness (QED) is 0.905. The Morgan fingerprint density at radius 3 is 2.62 bits per heavy atom. The number of para-hydroxylation sites is 1. The number of nitrogens with zero attached hydrogens (tertiary/aromatic N) is 1. The van der Waals surface area contributed by atoms with E-state index in [1.807, 2.05) is 4.90 Å². The lowest BCUT2D eigenvalue weighted by molar-refractivity contribution is -0.133. The Kier molecular flexibility index (Phi) is 5.99. The second-order valence-electron chi connectivity index (χ2n) is 5.35. The molecule has 116 valence electrons. The molecule has 0 atom stereocenters. The highest BCUT2D eigenvalue weighted by Gasteiger charge is 2.17. The lowest BCUT2D eigenvalue weighted by Crippen LogP contribution is -2.35. The topological polar surface area (TPSA) is 55.6 Å².